The summed E-state index contributed by atoms with van der Waals surface area (Å²) < 4.78 is 0. The van der Waals surface area contributed by atoms with Gasteiger partial charge in [0.1, 0.15) is 6.23 Å². The molecular formula is C16H24N2O2. The van der Waals surface area contributed by atoms with Crippen LogP contribution in [-0.2, 0) is 11.2 Å². The Morgan fingerprint density at radius 2 is 1.95 bits per heavy atom. The number of aliphatic hydroxyl groups is 1. The summed E-state index contributed by atoms with van der Waals surface area (Å²) in [5.74, 6) is 0.0543. The molecule has 0 radical (unpaired) electrons. The number of aryl methyl sites for hydroxylation is 1. The summed E-state index contributed by atoms with van der Waals surface area (Å²) in [6.07, 6.45) is 5.47. The molecule has 4 nitrogen and oxygen atoms in total. The van der Waals surface area contributed by atoms with Gasteiger partial charge in [-0.2, -0.15) is 0 Å². The minimum Gasteiger partial charge on any atom is -0.376 e. The van der Waals surface area contributed by atoms with Gasteiger partial charge in [0.2, 0.25) is 5.91 Å². The van der Waals surface area contributed by atoms with Crippen LogP contribution in [-0.4, -0.2) is 29.8 Å². The summed E-state index contributed by atoms with van der Waals surface area (Å²) in [5.41, 5.74) is 1.39. The highest BCUT2D eigenvalue weighted by atomic mass is 16.3. The fourth-order valence-electron chi connectivity index (χ4n) is 2.36. The quantitative estimate of drug-likeness (QED) is 0.632. The van der Waals surface area contributed by atoms with E-state index in [0.29, 0.717) is 13.0 Å². The van der Waals surface area contributed by atoms with Crippen LogP contribution in [0.4, 0.5) is 0 Å². The Labute approximate surface area is 120 Å². The molecule has 1 aromatic rings. The monoisotopic (exact) mass is 276 g/mol. The SMILES string of the molecule is O=C(CCCCCCc1ccccc1)NC1CNC1O. The number of amides is 1. The van der Waals surface area contributed by atoms with Crippen molar-refractivity contribution >= 4 is 5.91 Å². The van der Waals surface area contributed by atoms with Crippen LogP contribution in [0.15, 0.2) is 30.3 Å². The minimum atomic E-state index is -0.565. The van der Waals surface area contributed by atoms with E-state index >= 15 is 0 Å². The maximum atomic E-state index is 11.6. The molecule has 1 fully saturated rings. The fraction of sp³-hybridized carbons (Fsp3) is 0.562. The molecule has 1 saturated heterocycles. The first kappa shape index (κ1) is 15.0. The number of rotatable bonds is 8. The molecule has 0 aliphatic carbocycles. The van der Waals surface area contributed by atoms with Gasteiger partial charge in [-0.15, -0.1) is 0 Å². The molecule has 0 bridgehead atoms. The molecule has 2 atom stereocenters. The first-order valence-electron chi connectivity index (χ1n) is 7.50. The second-order valence-electron chi connectivity index (χ2n) is 5.43. The van der Waals surface area contributed by atoms with Crippen molar-refractivity contribution in [1.82, 2.24) is 10.6 Å². The van der Waals surface area contributed by atoms with Gasteiger partial charge in [0.25, 0.3) is 0 Å². The van der Waals surface area contributed by atoms with Gasteiger partial charge < -0.3 is 10.4 Å². The topological polar surface area (TPSA) is 61.4 Å². The fourth-order valence-corrected chi connectivity index (χ4v) is 2.36. The molecule has 1 aromatic carbocycles. The number of aliphatic hydroxyl groups excluding tert-OH is 1. The van der Waals surface area contributed by atoms with Crippen molar-refractivity contribution < 1.29 is 9.90 Å². The predicted molar refractivity (Wildman–Crippen MR) is 79.2 cm³/mol. The summed E-state index contributed by atoms with van der Waals surface area (Å²) >= 11 is 0. The molecule has 0 saturated carbocycles. The molecule has 4 heteroatoms. The van der Waals surface area contributed by atoms with E-state index in [1.165, 1.54) is 12.0 Å². The zero-order valence-corrected chi connectivity index (χ0v) is 11.8. The van der Waals surface area contributed by atoms with E-state index in [1.807, 2.05) is 6.07 Å². The average molecular weight is 276 g/mol. The van der Waals surface area contributed by atoms with Gasteiger partial charge in [-0.05, 0) is 24.8 Å². The van der Waals surface area contributed by atoms with E-state index < -0.39 is 6.23 Å². The Kier molecular flexibility index (Phi) is 6.02. The van der Waals surface area contributed by atoms with Crippen LogP contribution in [0.1, 0.15) is 37.7 Å². The Hall–Kier alpha value is -1.39. The van der Waals surface area contributed by atoms with Gasteiger partial charge in [-0.25, -0.2) is 0 Å². The van der Waals surface area contributed by atoms with Crippen molar-refractivity contribution in [1.29, 1.82) is 0 Å². The summed E-state index contributed by atoms with van der Waals surface area (Å²) in [7, 11) is 0. The largest absolute Gasteiger partial charge is 0.376 e. The second-order valence-corrected chi connectivity index (χ2v) is 5.43. The summed E-state index contributed by atoms with van der Waals surface area (Å²) in [5, 5.41) is 14.9. The maximum Gasteiger partial charge on any atom is 0.220 e. The second kappa shape index (κ2) is 8.02. The number of nitrogens with one attached hydrogen (secondary N) is 2. The zero-order valence-electron chi connectivity index (χ0n) is 11.8. The number of benzene rings is 1. The van der Waals surface area contributed by atoms with E-state index in [0.717, 1.165) is 25.7 Å². The summed E-state index contributed by atoms with van der Waals surface area (Å²) in [6.45, 7) is 0.671. The van der Waals surface area contributed by atoms with Crippen LogP contribution in [0, 0.1) is 0 Å². The molecule has 110 valence electrons. The van der Waals surface area contributed by atoms with Crippen molar-refractivity contribution in [2.45, 2.75) is 50.8 Å². The number of hydrogen-bond donors (Lipinski definition) is 3. The molecule has 0 aromatic heterocycles. The van der Waals surface area contributed by atoms with Crippen LogP contribution < -0.4 is 10.6 Å². The summed E-state index contributed by atoms with van der Waals surface area (Å²) in [4.78, 5) is 11.6. The molecule has 1 aliphatic rings. The van der Waals surface area contributed by atoms with Crippen molar-refractivity contribution in [2.75, 3.05) is 6.54 Å². The van der Waals surface area contributed by atoms with E-state index in [-0.39, 0.29) is 11.9 Å². The third-order valence-electron chi connectivity index (χ3n) is 3.74. The molecule has 2 unspecified atom stereocenters. The van der Waals surface area contributed by atoms with E-state index in [4.69, 9.17) is 0 Å². The number of carbonyl (C=O) groups excluding carboxylic acids is 1. The lowest BCUT2D eigenvalue weighted by molar-refractivity contribution is -0.124. The van der Waals surface area contributed by atoms with Crippen LogP contribution in [0.2, 0.25) is 0 Å². The van der Waals surface area contributed by atoms with Gasteiger partial charge in [-0.3, -0.25) is 10.1 Å². The van der Waals surface area contributed by atoms with Gasteiger partial charge in [0.15, 0.2) is 0 Å². The molecule has 2 rings (SSSR count). The lowest BCUT2D eigenvalue weighted by Crippen LogP contribution is -2.64. The van der Waals surface area contributed by atoms with E-state index in [9.17, 15) is 9.90 Å². The third kappa shape index (κ3) is 4.94. The van der Waals surface area contributed by atoms with E-state index in [2.05, 4.69) is 34.9 Å². The molecule has 1 heterocycles. The first-order chi connectivity index (χ1) is 9.75. The number of hydrogen-bond acceptors (Lipinski definition) is 3. The van der Waals surface area contributed by atoms with Crippen LogP contribution >= 0.6 is 0 Å². The molecule has 0 spiro atoms. The predicted octanol–water partition coefficient (Wildman–Crippen LogP) is 1.59. The molecule has 3 N–H and O–H groups in total. The highest BCUT2D eigenvalue weighted by molar-refractivity contribution is 5.76. The number of unbranched alkanes of at least 4 members (excludes halogenated alkanes) is 3. The standard InChI is InChI=1S/C16H24N2O2/c19-15(18-14-12-17-16(14)20)11-7-2-1-4-8-13-9-5-3-6-10-13/h3,5-6,9-10,14,16-17,20H,1-2,4,7-8,11-12H2,(H,18,19). The molecule has 20 heavy (non-hydrogen) atoms. The Morgan fingerprint density at radius 3 is 2.60 bits per heavy atom. The summed E-state index contributed by atoms with van der Waals surface area (Å²) in [6, 6.07) is 10.4. The third-order valence-corrected chi connectivity index (χ3v) is 3.74. The van der Waals surface area contributed by atoms with Crippen molar-refractivity contribution in [3.05, 3.63) is 35.9 Å². The van der Waals surface area contributed by atoms with Crippen molar-refractivity contribution in [3.63, 3.8) is 0 Å². The lowest BCUT2D eigenvalue weighted by atomic mass is 10.1. The Balaban J connectivity index is 1.46. The molecule has 1 aliphatic heterocycles. The highest BCUT2D eigenvalue weighted by Gasteiger charge is 2.28. The highest BCUT2D eigenvalue weighted by Crippen LogP contribution is 2.09. The normalized spacial score (nSPS) is 21.2. The van der Waals surface area contributed by atoms with Crippen LogP contribution in [0.3, 0.4) is 0 Å². The minimum absolute atomic E-state index is 0.0543. The lowest BCUT2D eigenvalue weighted by Gasteiger charge is -2.34. The van der Waals surface area contributed by atoms with Gasteiger partial charge in [0, 0.05) is 13.0 Å². The van der Waals surface area contributed by atoms with Crippen LogP contribution in [0.5, 0.6) is 0 Å². The smallest absolute Gasteiger partial charge is 0.220 e. The maximum absolute atomic E-state index is 11.6. The molecule has 1 amide bonds. The van der Waals surface area contributed by atoms with Crippen molar-refractivity contribution in [3.8, 4) is 0 Å². The van der Waals surface area contributed by atoms with Gasteiger partial charge >= 0.3 is 0 Å². The Bertz CT molecular complexity index is 408. The number of carbonyl (C=O) groups is 1. The first-order valence-corrected chi connectivity index (χ1v) is 7.50. The van der Waals surface area contributed by atoms with Crippen molar-refractivity contribution in [2.24, 2.45) is 0 Å². The molecular weight excluding hydrogens is 252 g/mol. The van der Waals surface area contributed by atoms with E-state index in [1.54, 1.807) is 0 Å². The Morgan fingerprint density at radius 1 is 1.20 bits per heavy atom. The van der Waals surface area contributed by atoms with Gasteiger partial charge in [0.05, 0.1) is 6.04 Å². The zero-order chi connectivity index (χ0) is 14.2. The van der Waals surface area contributed by atoms with Gasteiger partial charge in [-0.1, -0.05) is 43.2 Å². The van der Waals surface area contributed by atoms with Crippen LogP contribution in [0.25, 0.3) is 0 Å². The average Bonchev–Trinajstić information content (AvgIpc) is 2.48.